The Labute approximate surface area is 98.8 Å². The van der Waals surface area contributed by atoms with Gasteiger partial charge in [-0.2, -0.15) is 0 Å². The van der Waals surface area contributed by atoms with Crippen LogP contribution >= 0.6 is 11.3 Å². The van der Waals surface area contributed by atoms with Crippen LogP contribution in [0.2, 0.25) is 0 Å². The van der Waals surface area contributed by atoms with Gasteiger partial charge in [0, 0.05) is 5.38 Å². The number of nitrogens with zero attached hydrogens (tertiary/aromatic N) is 1. The zero-order valence-corrected chi connectivity index (χ0v) is 9.87. The molecule has 1 atom stereocenters. The number of hydrogen-bond acceptors (Lipinski definition) is 4. The molecule has 0 fully saturated rings. The summed E-state index contributed by atoms with van der Waals surface area (Å²) in [5, 5.41) is 14.7. The van der Waals surface area contributed by atoms with Crippen molar-refractivity contribution in [3.63, 3.8) is 0 Å². The van der Waals surface area contributed by atoms with Crippen LogP contribution in [0.1, 0.15) is 17.3 Å². The van der Waals surface area contributed by atoms with E-state index in [-0.39, 0.29) is 6.04 Å². The van der Waals surface area contributed by atoms with E-state index in [2.05, 4.69) is 10.3 Å². The van der Waals surface area contributed by atoms with Gasteiger partial charge in [0.25, 0.3) is 0 Å². The summed E-state index contributed by atoms with van der Waals surface area (Å²) in [5.41, 5.74) is 3.99. The van der Waals surface area contributed by atoms with Gasteiger partial charge in [-0.15, -0.1) is 11.3 Å². The number of phenols is 1. The molecule has 0 amide bonds. The Bertz CT molecular complexity index is 442. The molecule has 16 heavy (non-hydrogen) atoms. The van der Waals surface area contributed by atoms with E-state index in [9.17, 15) is 5.11 Å². The quantitative estimate of drug-likeness (QED) is 0.853. The molecule has 0 aliphatic rings. The highest BCUT2D eigenvalue weighted by Crippen LogP contribution is 2.20. The van der Waals surface area contributed by atoms with Crippen LogP contribution in [0.4, 0.5) is 0 Å². The van der Waals surface area contributed by atoms with Crippen molar-refractivity contribution in [2.45, 2.75) is 12.5 Å². The molecule has 2 aromatic rings. The summed E-state index contributed by atoms with van der Waals surface area (Å²) in [5.74, 6) is 0.311. The Morgan fingerprint density at radius 2 is 2.38 bits per heavy atom. The fraction of sp³-hybridized carbons (Fsp3) is 0.250. The number of nitrogens with one attached hydrogen (secondary N) is 1. The summed E-state index contributed by atoms with van der Waals surface area (Å²) in [7, 11) is 1.92. The van der Waals surface area contributed by atoms with Crippen molar-refractivity contribution in [3.8, 4) is 5.75 Å². The van der Waals surface area contributed by atoms with Gasteiger partial charge in [0.05, 0.1) is 17.2 Å². The van der Waals surface area contributed by atoms with E-state index < -0.39 is 0 Å². The third-order valence-electron chi connectivity index (χ3n) is 2.51. The summed E-state index contributed by atoms with van der Waals surface area (Å²) < 4.78 is 0. The monoisotopic (exact) mass is 234 g/mol. The third-order valence-corrected chi connectivity index (χ3v) is 3.11. The Morgan fingerprint density at radius 3 is 3.00 bits per heavy atom. The maximum atomic E-state index is 9.40. The second-order valence-corrected chi connectivity index (χ2v) is 4.35. The predicted octanol–water partition coefficient (Wildman–Crippen LogP) is 2.35. The van der Waals surface area contributed by atoms with Crippen LogP contribution in [0, 0.1) is 0 Å². The van der Waals surface area contributed by atoms with Crippen molar-refractivity contribution in [3.05, 3.63) is 46.4 Å². The number of rotatable bonds is 4. The first kappa shape index (κ1) is 11.1. The van der Waals surface area contributed by atoms with Crippen molar-refractivity contribution in [1.29, 1.82) is 0 Å². The predicted molar refractivity (Wildman–Crippen MR) is 65.7 cm³/mol. The van der Waals surface area contributed by atoms with E-state index in [1.54, 1.807) is 23.5 Å². The van der Waals surface area contributed by atoms with Gasteiger partial charge in [-0.05, 0) is 31.2 Å². The number of likely N-dealkylation sites (N-methyl/N-ethyl adjacent to an activating group) is 1. The summed E-state index contributed by atoms with van der Waals surface area (Å²) in [6, 6.07) is 7.54. The normalized spacial score (nSPS) is 12.6. The molecule has 0 aliphatic carbocycles. The summed E-state index contributed by atoms with van der Waals surface area (Å²) in [6.45, 7) is 0. The van der Waals surface area contributed by atoms with Gasteiger partial charge in [-0.3, -0.25) is 0 Å². The molecule has 0 radical (unpaired) electrons. The summed E-state index contributed by atoms with van der Waals surface area (Å²) in [6.07, 6.45) is 0.828. The largest absolute Gasteiger partial charge is 0.508 e. The zero-order valence-electron chi connectivity index (χ0n) is 9.05. The first-order chi connectivity index (χ1) is 7.79. The number of aromatic hydroxyl groups is 1. The minimum absolute atomic E-state index is 0.202. The van der Waals surface area contributed by atoms with Gasteiger partial charge >= 0.3 is 0 Å². The molecule has 1 aromatic carbocycles. The highest BCUT2D eigenvalue weighted by atomic mass is 32.1. The van der Waals surface area contributed by atoms with E-state index in [1.165, 1.54) is 0 Å². The molecule has 0 bridgehead atoms. The average Bonchev–Trinajstić information content (AvgIpc) is 2.79. The second-order valence-electron chi connectivity index (χ2n) is 3.63. The maximum Gasteiger partial charge on any atom is 0.115 e. The lowest BCUT2D eigenvalue weighted by molar-refractivity contribution is 0.473. The number of hydrogen-bond donors (Lipinski definition) is 2. The average molecular weight is 234 g/mol. The smallest absolute Gasteiger partial charge is 0.115 e. The third kappa shape index (κ3) is 2.59. The van der Waals surface area contributed by atoms with Gasteiger partial charge in [-0.1, -0.05) is 12.1 Å². The molecule has 84 valence electrons. The van der Waals surface area contributed by atoms with Crippen LogP contribution in [-0.2, 0) is 6.42 Å². The first-order valence-electron chi connectivity index (χ1n) is 5.13. The fourth-order valence-electron chi connectivity index (χ4n) is 1.67. The van der Waals surface area contributed by atoms with Crippen molar-refractivity contribution in [2.24, 2.45) is 0 Å². The molecule has 4 heteroatoms. The molecule has 1 aromatic heterocycles. The van der Waals surface area contributed by atoms with Crippen molar-refractivity contribution in [1.82, 2.24) is 10.3 Å². The number of benzene rings is 1. The Hall–Kier alpha value is -1.39. The van der Waals surface area contributed by atoms with Gasteiger partial charge in [0.15, 0.2) is 0 Å². The standard InChI is InChI=1S/C12H14N2OS/c1-13-11(12-7-16-8-14-12)6-9-3-2-4-10(15)5-9/h2-5,7-8,11,13,15H,6H2,1H3. The number of aromatic nitrogens is 1. The van der Waals surface area contributed by atoms with Crippen LogP contribution in [0.3, 0.4) is 0 Å². The molecular formula is C12H14N2OS. The number of thiazole rings is 1. The van der Waals surface area contributed by atoms with Crippen LogP contribution in [0.25, 0.3) is 0 Å². The molecule has 0 aliphatic heterocycles. The highest BCUT2D eigenvalue weighted by molar-refractivity contribution is 7.07. The van der Waals surface area contributed by atoms with E-state index in [4.69, 9.17) is 0 Å². The van der Waals surface area contributed by atoms with Crippen LogP contribution in [-0.4, -0.2) is 17.1 Å². The van der Waals surface area contributed by atoms with E-state index in [0.29, 0.717) is 5.75 Å². The van der Waals surface area contributed by atoms with Gasteiger partial charge in [0.2, 0.25) is 0 Å². The summed E-state index contributed by atoms with van der Waals surface area (Å²) in [4.78, 5) is 4.30. The topological polar surface area (TPSA) is 45.1 Å². The zero-order chi connectivity index (χ0) is 11.4. The molecule has 3 nitrogen and oxygen atoms in total. The molecule has 0 saturated heterocycles. The molecule has 2 rings (SSSR count). The fourth-order valence-corrected chi connectivity index (χ4v) is 2.28. The Balaban J connectivity index is 2.13. The van der Waals surface area contributed by atoms with Crippen molar-refractivity contribution >= 4 is 11.3 Å². The lowest BCUT2D eigenvalue weighted by atomic mass is 10.0. The Kier molecular flexibility index (Phi) is 3.54. The molecule has 1 unspecified atom stereocenters. The Morgan fingerprint density at radius 1 is 1.50 bits per heavy atom. The van der Waals surface area contributed by atoms with Crippen molar-refractivity contribution in [2.75, 3.05) is 7.05 Å². The van der Waals surface area contributed by atoms with Gasteiger partial charge in [-0.25, -0.2) is 4.98 Å². The minimum atomic E-state index is 0.202. The second kappa shape index (κ2) is 5.09. The lowest BCUT2D eigenvalue weighted by Crippen LogP contribution is -2.19. The molecule has 0 spiro atoms. The van der Waals surface area contributed by atoms with Gasteiger partial charge < -0.3 is 10.4 Å². The lowest BCUT2D eigenvalue weighted by Gasteiger charge is -2.13. The molecular weight excluding hydrogens is 220 g/mol. The van der Waals surface area contributed by atoms with Crippen LogP contribution in [0.15, 0.2) is 35.2 Å². The molecule has 1 heterocycles. The van der Waals surface area contributed by atoms with Gasteiger partial charge in [0.1, 0.15) is 5.75 Å². The molecule has 2 N–H and O–H groups in total. The van der Waals surface area contributed by atoms with Crippen LogP contribution < -0.4 is 5.32 Å². The molecule has 0 saturated carbocycles. The maximum absolute atomic E-state index is 9.40. The SMILES string of the molecule is CNC(Cc1cccc(O)c1)c1cscn1. The number of phenolic OH excluding ortho intramolecular Hbond substituents is 1. The van der Waals surface area contributed by atoms with Crippen LogP contribution in [0.5, 0.6) is 5.75 Å². The van der Waals surface area contributed by atoms with Crippen molar-refractivity contribution < 1.29 is 5.11 Å². The first-order valence-corrected chi connectivity index (χ1v) is 6.07. The van der Waals surface area contributed by atoms with E-state index in [0.717, 1.165) is 17.7 Å². The summed E-state index contributed by atoms with van der Waals surface area (Å²) >= 11 is 1.60. The highest BCUT2D eigenvalue weighted by Gasteiger charge is 2.11. The minimum Gasteiger partial charge on any atom is -0.508 e. The van der Waals surface area contributed by atoms with E-state index in [1.807, 2.05) is 30.1 Å². The van der Waals surface area contributed by atoms with E-state index >= 15 is 0 Å².